The summed E-state index contributed by atoms with van der Waals surface area (Å²) < 4.78 is 1.96. The summed E-state index contributed by atoms with van der Waals surface area (Å²) in [4.78, 5) is 14.2. The molecule has 0 aromatic carbocycles. The fraction of sp³-hybridized carbons (Fsp3) is 0. The minimum absolute atomic E-state index is 0.0904. The zero-order valence-corrected chi connectivity index (χ0v) is 9.40. The first kappa shape index (κ1) is 9.96. The van der Waals surface area contributed by atoms with E-state index in [0.717, 1.165) is 0 Å². The van der Waals surface area contributed by atoms with E-state index < -0.39 is 4.92 Å². The van der Waals surface area contributed by atoms with E-state index in [0.29, 0.717) is 3.57 Å². The van der Waals surface area contributed by atoms with Crippen LogP contribution in [0.4, 0.5) is 5.69 Å². The van der Waals surface area contributed by atoms with Crippen LogP contribution in [0.15, 0.2) is 24.7 Å². The fourth-order valence-corrected chi connectivity index (χ4v) is 1.49. The van der Waals surface area contributed by atoms with Gasteiger partial charge in [-0.1, -0.05) is 5.21 Å². The van der Waals surface area contributed by atoms with Gasteiger partial charge in [0, 0.05) is 15.8 Å². The molecule has 0 unspecified atom stereocenters. The molecule has 0 fully saturated rings. The quantitative estimate of drug-likeness (QED) is 0.471. The smallest absolute Gasteiger partial charge is 0.258 e. The third-order valence-electron chi connectivity index (χ3n) is 1.65. The fourth-order valence-electron chi connectivity index (χ4n) is 1.05. The van der Waals surface area contributed by atoms with Crippen molar-refractivity contribution in [3.05, 3.63) is 38.3 Å². The molecule has 0 atom stereocenters. The number of nitrogens with zero attached hydrogens (tertiary/aromatic N) is 5. The lowest BCUT2D eigenvalue weighted by Gasteiger charge is -2.00. The molecule has 0 spiro atoms. The Balaban J connectivity index is 2.61. The summed E-state index contributed by atoms with van der Waals surface area (Å²) in [5, 5.41) is 18.0. The van der Waals surface area contributed by atoms with Gasteiger partial charge in [0.2, 0.25) is 5.82 Å². The first-order valence-corrected chi connectivity index (χ1v) is 4.93. The third kappa shape index (κ3) is 1.93. The largest absolute Gasteiger partial charge is 0.314 e. The summed E-state index contributed by atoms with van der Waals surface area (Å²) in [5.41, 5.74) is -0.0904. The molecule has 2 aromatic heterocycles. The first-order chi connectivity index (χ1) is 7.18. The van der Waals surface area contributed by atoms with Crippen molar-refractivity contribution >= 4 is 28.3 Å². The van der Waals surface area contributed by atoms with E-state index in [1.165, 1.54) is 29.3 Å². The van der Waals surface area contributed by atoms with Gasteiger partial charge in [-0.2, -0.15) is 4.68 Å². The Hall–Kier alpha value is -1.58. The predicted octanol–water partition coefficient (Wildman–Crippen LogP) is 1.18. The Morgan fingerprint density at radius 1 is 1.53 bits per heavy atom. The van der Waals surface area contributed by atoms with E-state index in [1.54, 1.807) is 0 Å². The molecule has 76 valence electrons. The summed E-state index contributed by atoms with van der Waals surface area (Å²) in [5.74, 6) is 0.165. The van der Waals surface area contributed by atoms with Crippen LogP contribution in [-0.2, 0) is 0 Å². The first-order valence-electron chi connectivity index (χ1n) is 3.85. The van der Waals surface area contributed by atoms with Crippen LogP contribution in [0.5, 0.6) is 0 Å². The lowest BCUT2D eigenvalue weighted by Crippen LogP contribution is -2.04. The lowest BCUT2D eigenvalue weighted by molar-refractivity contribution is -0.385. The number of nitro groups is 1. The van der Waals surface area contributed by atoms with Gasteiger partial charge < -0.3 is 0 Å². The van der Waals surface area contributed by atoms with Crippen LogP contribution in [0.1, 0.15) is 0 Å². The number of aromatic nitrogens is 4. The Kier molecular flexibility index (Phi) is 2.58. The number of rotatable bonds is 2. The molecular weight excluding hydrogens is 313 g/mol. The average molecular weight is 317 g/mol. The summed E-state index contributed by atoms with van der Waals surface area (Å²) in [7, 11) is 0. The molecule has 0 radical (unpaired) electrons. The van der Waals surface area contributed by atoms with Crippen molar-refractivity contribution in [1.29, 1.82) is 0 Å². The molecule has 0 bridgehead atoms. The Morgan fingerprint density at radius 2 is 2.33 bits per heavy atom. The van der Waals surface area contributed by atoms with Gasteiger partial charge in [0.05, 0.1) is 17.3 Å². The van der Waals surface area contributed by atoms with E-state index in [1.807, 2.05) is 22.6 Å². The van der Waals surface area contributed by atoms with Crippen molar-refractivity contribution in [2.45, 2.75) is 0 Å². The molecule has 0 amide bonds. The van der Waals surface area contributed by atoms with Gasteiger partial charge in [0.15, 0.2) is 0 Å². The minimum atomic E-state index is -0.494. The molecule has 2 aromatic rings. The van der Waals surface area contributed by atoms with Crippen molar-refractivity contribution in [2.75, 3.05) is 0 Å². The topological polar surface area (TPSA) is 86.7 Å². The van der Waals surface area contributed by atoms with Gasteiger partial charge in [-0.05, 0) is 22.6 Å². The maximum atomic E-state index is 10.8. The highest BCUT2D eigenvalue weighted by atomic mass is 127. The lowest BCUT2D eigenvalue weighted by atomic mass is 10.4. The van der Waals surface area contributed by atoms with Crippen LogP contribution in [0.2, 0.25) is 0 Å². The van der Waals surface area contributed by atoms with E-state index in [4.69, 9.17) is 0 Å². The summed E-state index contributed by atoms with van der Waals surface area (Å²) in [6, 6.07) is 1.44. The van der Waals surface area contributed by atoms with Crippen LogP contribution in [0.3, 0.4) is 0 Å². The zero-order valence-electron chi connectivity index (χ0n) is 7.24. The molecule has 2 rings (SSSR count). The van der Waals surface area contributed by atoms with Gasteiger partial charge in [0.25, 0.3) is 0 Å². The summed E-state index contributed by atoms with van der Waals surface area (Å²) in [6.07, 6.45) is 4.47. The molecule has 0 N–H and O–H groups in total. The molecule has 0 aliphatic carbocycles. The molecule has 0 saturated heterocycles. The normalized spacial score (nSPS) is 10.2. The Bertz CT molecular complexity index is 498. The molecule has 2 heterocycles. The van der Waals surface area contributed by atoms with Gasteiger partial charge >= 0.3 is 5.69 Å². The van der Waals surface area contributed by atoms with Crippen molar-refractivity contribution in [1.82, 2.24) is 20.0 Å². The molecule has 8 heteroatoms. The molecule has 15 heavy (non-hydrogen) atoms. The maximum absolute atomic E-state index is 10.8. The standard InChI is InChI=1S/C7H4IN5O2/c8-5-3-6(13(14)15)7(9-4-5)12-2-1-10-11-12/h1-4H. The van der Waals surface area contributed by atoms with Crippen LogP contribution < -0.4 is 0 Å². The average Bonchev–Trinajstić information content (AvgIpc) is 2.70. The van der Waals surface area contributed by atoms with Crippen molar-refractivity contribution in [3.8, 4) is 5.82 Å². The third-order valence-corrected chi connectivity index (χ3v) is 2.24. The molecule has 7 nitrogen and oxygen atoms in total. The second kappa shape index (κ2) is 3.88. The molecule has 0 aliphatic heterocycles. The molecular formula is C7H4IN5O2. The molecule has 0 aliphatic rings. The Labute approximate surface area is 97.4 Å². The monoisotopic (exact) mass is 317 g/mol. The highest BCUT2D eigenvalue weighted by Gasteiger charge is 2.17. The van der Waals surface area contributed by atoms with E-state index in [-0.39, 0.29) is 11.5 Å². The zero-order chi connectivity index (χ0) is 10.8. The van der Waals surface area contributed by atoms with Gasteiger partial charge in [-0.3, -0.25) is 10.1 Å². The second-order valence-electron chi connectivity index (χ2n) is 2.60. The Morgan fingerprint density at radius 3 is 2.93 bits per heavy atom. The number of halogens is 1. The highest BCUT2D eigenvalue weighted by Crippen LogP contribution is 2.21. The minimum Gasteiger partial charge on any atom is -0.258 e. The highest BCUT2D eigenvalue weighted by molar-refractivity contribution is 14.1. The summed E-state index contributed by atoms with van der Waals surface area (Å²) in [6.45, 7) is 0. The van der Waals surface area contributed by atoms with Crippen molar-refractivity contribution < 1.29 is 4.92 Å². The maximum Gasteiger partial charge on any atom is 0.314 e. The van der Waals surface area contributed by atoms with Gasteiger partial charge in [-0.25, -0.2) is 4.98 Å². The number of hydrogen-bond acceptors (Lipinski definition) is 5. The van der Waals surface area contributed by atoms with Crippen molar-refractivity contribution in [3.63, 3.8) is 0 Å². The van der Waals surface area contributed by atoms with Crippen molar-refractivity contribution in [2.24, 2.45) is 0 Å². The molecule has 0 saturated carbocycles. The predicted molar refractivity (Wildman–Crippen MR) is 58.5 cm³/mol. The van der Waals surface area contributed by atoms with E-state index >= 15 is 0 Å². The van der Waals surface area contributed by atoms with E-state index in [2.05, 4.69) is 15.3 Å². The van der Waals surface area contributed by atoms with Crippen LogP contribution in [-0.4, -0.2) is 24.9 Å². The number of pyridine rings is 1. The summed E-state index contributed by atoms with van der Waals surface area (Å²) >= 11 is 1.96. The SMILES string of the molecule is O=[N+]([O-])c1cc(I)cnc1-n1ccnn1. The van der Waals surface area contributed by atoms with Gasteiger partial charge in [-0.15, -0.1) is 5.10 Å². The van der Waals surface area contributed by atoms with Gasteiger partial charge in [0.1, 0.15) is 0 Å². The van der Waals surface area contributed by atoms with Crippen LogP contribution in [0.25, 0.3) is 5.82 Å². The van der Waals surface area contributed by atoms with E-state index in [9.17, 15) is 10.1 Å². The second-order valence-corrected chi connectivity index (χ2v) is 3.85. The number of hydrogen-bond donors (Lipinski definition) is 0. The van der Waals surface area contributed by atoms with Crippen LogP contribution >= 0.6 is 22.6 Å². The van der Waals surface area contributed by atoms with Crippen LogP contribution in [0, 0.1) is 13.7 Å².